The van der Waals surface area contributed by atoms with Gasteiger partial charge in [-0.15, -0.1) is 0 Å². The Morgan fingerprint density at radius 3 is 2.71 bits per heavy atom. The monoisotopic (exact) mass is 397 g/mol. The van der Waals surface area contributed by atoms with Crippen LogP contribution in [0.2, 0.25) is 0 Å². The van der Waals surface area contributed by atoms with Gasteiger partial charge in [-0.3, -0.25) is 19.8 Å². The molecule has 8 heteroatoms. The molecular formula is C20H19N3O4S. The molecule has 2 fully saturated rings. The lowest BCUT2D eigenvalue weighted by Gasteiger charge is -2.19. The minimum atomic E-state index is -0.382. The fraction of sp³-hybridized carbons (Fsp3) is 0.300. The molecule has 1 atom stereocenters. The lowest BCUT2D eigenvalue weighted by atomic mass is 10.0. The van der Waals surface area contributed by atoms with Crippen molar-refractivity contribution in [1.82, 2.24) is 4.90 Å². The molecule has 0 bridgehead atoms. The van der Waals surface area contributed by atoms with Crippen molar-refractivity contribution in [2.24, 2.45) is 4.99 Å². The van der Waals surface area contributed by atoms with E-state index in [1.54, 1.807) is 23.1 Å². The number of nitrogens with zero attached hydrogens (tertiary/aromatic N) is 3. The predicted molar refractivity (Wildman–Crippen MR) is 109 cm³/mol. The molecule has 0 spiro atoms. The van der Waals surface area contributed by atoms with Gasteiger partial charge in [0.25, 0.3) is 5.69 Å². The number of nitro groups is 1. The van der Waals surface area contributed by atoms with Crippen molar-refractivity contribution >= 4 is 34.2 Å². The zero-order chi connectivity index (χ0) is 19.5. The lowest BCUT2D eigenvalue weighted by Crippen LogP contribution is -2.36. The molecule has 0 aromatic heterocycles. The second-order valence-corrected chi connectivity index (χ2v) is 7.59. The van der Waals surface area contributed by atoms with E-state index >= 15 is 0 Å². The summed E-state index contributed by atoms with van der Waals surface area (Å²) in [6.45, 7) is 1.29. The molecule has 28 heavy (non-hydrogen) atoms. The summed E-state index contributed by atoms with van der Waals surface area (Å²) < 4.78 is 5.64. The third kappa shape index (κ3) is 3.93. The highest BCUT2D eigenvalue weighted by Crippen LogP contribution is 2.31. The molecule has 2 saturated heterocycles. The molecular weight excluding hydrogens is 378 g/mol. The number of aliphatic imine (C=N–C) groups is 1. The SMILES string of the molecule is O=C1CSC(=Nc2ccc(-c3ccccc3[N+](=O)[O-])cc2)N1C[C@@H]1CCCO1. The molecule has 1 amide bonds. The summed E-state index contributed by atoms with van der Waals surface area (Å²) in [5.74, 6) is 0.440. The Bertz CT molecular complexity index is 923. The number of amides is 1. The van der Waals surface area contributed by atoms with Gasteiger partial charge in [-0.2, -0.15) is 0 Å². The van der Waals surface area contributed by atoms with Gasteiger partial charge in [-0.25, -0.2) is 4.99 Å². The van der Waals surface area contributed by atoms with Crippen molar-refractivity contribution in [3.05, 3.63) is 58.6 Å². The smallest absolute Gasteiger partial charge is 0.277 e. The average Bonchev–Trinajstić information content (AvgIpc) is 3.34. The summed E-state index contributed by atoms with van der Waals surface area (Å²) in [4.78, 5) is 29.4. The van der Waals surface area contributed by atoms with Gasteiger partial charge < -0.3 is 4.74 Å². The Morgan fingerprint density at radius 1 is 1.21 bits per heavy atom. The molecule has 0 radical (unpaired) electrons. The number of para-hydroxylation sites is 1. The minimum Gasteiger partial charge on any atom is -0.376 e. The zero-order valence-electron chi connectivity index (χ0n) is 15.1. The number of carbonyl (C=O) groups excluding carboxylic acids is 1. The fourth-order valence-corrected chi connectivity index (χ4v) is 4.27. The fourth-order valence-electron chi connectivity index (χ4n) is 3.36. The Hall–Kier alpha value is -2.71. The molecule has 2 aliphatic rings. The van der Waals surface area contributed by atoms with Crippen LogP contribution in [-0.2, 0) is 9.53 Å². The van der Waals surface area contributed by atoms with Gasteiger partial charge >= 0.3 is 0 Å². The molecule has 144 valence electrons. The third-order valence-electron chi connectivity index (χ3n) is 4.77. The van der Waals surface area contributed by atoms with E-state index in [0.717, 1.165) is 25.0 Å². The number of rotatable bonds is 5. The van der Waals surface area contributed by atoms with Crippen LogP contribution in [0.5, 0.6) is 0 Å². The van der Waals surface area contributed by atoms with Gasteiger partial charge in [0.2, 0.25) is 5.91 Å². The molecule has 0 unspecified atom stereocenters. The van der Waals surface area contributed by atoms with Crippen LogP contribution in [0.15, 0.2) is 53.5 Å². The van der Waals surface area contributed by atoms with Crippen molar-refractivity contribution in [2.75, 3.05) is 18.9 Å². The standard InChI is InChI=1S/C20H19N3O4S/c24-19-13-28-20(22(19)12-16-4-3-11-27-16)21-15-9-7-14(8-10-15)17-5-1-2-6-18(17)23(25)26/h1-2,5-10,16H,3-4,11-13H2/t16-/m0/s1. The second kappa shape index (κ2) is 8.12. The number of hydrogen-bond donors (Lipinski definition) is 0. The Morgan fingerprint density at radius 2 is 2.00 bits per heavy atom. The van der Waals surface area contributed by atoms with E-state index in [4.69, 9.17) is 4.74 Å². The molecule has 2 heterocycles. The van der Waals surface area contributed by atoms with Gasteiger partial charge in [-0.1, -0.05) is 36.0 Å². The van der Waals surface area contributed by atoms with Gasteiger partial charge in [0.15, 0.2) is 5.17 Å². The van der Waals surface area contributed by atoms with E-state index < -0.39 is 0 Å². The quantitative estimate of drug-likeness (QED) is 0.562. The van der Waals surface area contributed by atoms with Gasteiger partial charge in [0.1, 0.15) is 0 Å². The predicted octanol–water partition coefficient (Wildman–Crippen LogP) is 4.00. The highest BCUT2D eigenvalue weighted by molar-refractivity contribution is 8.15. The van der Waals surface area contributed by atoms with Gasteiger partial charge in [0, 0.05) is 12.7 Å². The zero-order valence-corrected chi connectivity index (χ0v) is 15.9. The summed E-state index contributed by atoms with van der Waals surface area (Å²) in [5.41, 5.74) is 2.10. The number of nitro benzene ring substituents is 1. The second-order valence-electron chi connectivity index (χ2n) is 6.64. The highest BCUT2D eigenvalue weighted by Gasteiger charge is 2.31. The average molecular weight is 397 g/mol. The van der Waals surface area contributed by atoms with E-state index in [-0.39, 0.29) is 22.6 Å². The largest absolute Gasteiger partial charge is 0.376 e. The summed E-state index contributed by atoms with van der Waals surface area (Å²) in [6, 6.07) is 13.9. The molecule has 2 aliphatic heterocycles. The third-order valence-corrected chi connectivity index (χ3v) is 5.73. The van der Waals surface area contributed by atoms with Crippen LogP contribution >= 0.6 is 11.8 Å². The summed E-state index contributed by atoms with van der Waals surface area (Å²) in [5, 5.41) is 11.9. The van der Waals surface area contributed by atoms with Crippen molar-refractivity contribution in [3.63, 3.8) is 0 Å². The van der Waals surface area contributed by atoms with Crippen LogP contribution in [0.4, 0.5) is 11.4 Å². The maximum absolute atomic E-state index is 12.2. The van der Waals surface area contributed by atoms with E-state index in [9.17, 15) is 14.9 Å². The van der Waals surface area contributed by atoms with Crippen molar-refractivity contribution in [2.45, 2.75) is 18.9 Å². The maximum Gasteiger partial charge on any atom is 0.277 e. The first-order valence-electron chi connectivity index (χ1n) is 9.09. The summed E-state index contributed by atoms with van der Waals surface area (Å²) in [7, 11) is 0. The van der Waals surface area contributed by atoms with Crippen LogP contribution in [0, 0.1) is 10.1 Å². The number of hydrogen-bond acceptors (Lipinski definition) is 6. The molecule has 4 rings (SSSR count). The van der Waals surface area contributed by atoms with Crippen molar-refractivity contribution in [3.8, 4) is 11.1 Å². The topological polar surface area (TPSA) is 85.0 Å². The Labute approximate surface area is 166 Å². The van der Waals surface area contributed by atoms with Crippen LogP contribution in [0.3, 0.4) is 0 Å². The number of ether oxygens (including phenoxy) is 1. The number of thioether (sulfide) groups is 1. The van der Waals surface area contributed by atoms with Crippen molar-refractivity contribution in [1.29, 1.82) is 0 Å². The lowest BCUT2D eigenvalue weighted by molar-refractivity contribution is -0.384. The first kappa shape index (κ1) is 18.6. The molecule has 0 aliphatic carbocycles. The van der Waals surface area contributed by atoms with E-state index in [2.05, 4.69) is 4.99 Å². The maximum atomic E-state index is 12.2. The van der Waals surface area contributed by atoms with E-state index in [1.807, 2.05) is 24.3 Å². The number of amidine groups is 1. The first-order chi connectivity index (χ1) is 13.6. The minimum absolute atomic E-state index is 0.0516. The van der Waals surface area contributed by atoms with Gasteiger partial charge in [-0.05, 0) is 36.6 Å². The summed E-state index contributed by atoms with van der Waals surface area (Å²) in [6.07, 6.45) is 2.07. The number of carbonyl (C=O) groups is 1. The normalized spacial score (nSPS) is 20.9. The molecule has 7 nitrogen and oxygen atoms in total. The molecule has 0 saturated carbocycles. The van der Waals surface area contributed by atoms with E-state index in [1.165, 1.54) is 17.8 Å². The van der Waals surface area contributed by atoms with Crippen LogP contribution in [-0.4, -0.2) is 45.9 Å². The van der Waals surface area contributed by atoms with Crippen LogP contribution in [0.25, 0.3) is 11.1 Å². The van der Waals surface area contributed by atoms with Crippen LogP contribution in [0.1, 0.15) is 12.8 Å². The first-order valence-corrected chi connectivity index (χ1v) is 10.1. The highest BCUT2D eigenvalue weighted by atomic mass is 32.2. The Balaban J connectivity index is 1.55. The van der Waals surface area contributed by atoms with Crippen LogP contribution < -0.4 is 0 Å². The number of benzene rings is 2. The summed E-state index contributed by atoms with van der Waals surface area (Å²) >= 11 is 1.43. The molecule has 2 aromatic rings. The molecule has 2 aromatic carbocycles. The Kier molecular flexibility index (Phi) is 5.40. The molecule has 0 N–H and O–H groups in total. The van der Waals surface area contributed by atoms with Gasteiger partial charge in [0.05, 0.1) is 34.6 Å². The van der Waals surface area contributed by atoms with Crippen molar-refractivity contribution < 1.29 is 14.5 Å². The van der Waals surface area contributed by atoms with E-state index in [0.29, 0.717) is 28.7 Å².